The number of carbonyl (C=O) groups excluding carboxylic acids is 2. The van der Waals surface area contributed by atoms with Crippen LogP contribution < -0.4 is 13.8 Å². The van der Waals surface area contributed by atoms with E-state index >= 15 is 0 Å². The number of halogens is 1. The Kier molecular flexibility index (Phi) is 29.3. The van der Waals surface area contributed by atoms with Crippen molar-refractivity contribution in [1.82, 2.24) is 4.90 Å². The summed E-state index contributed by atoms with van der Waals surface area (Å²) in [7, 11) is -6.79. The first-order valence-electron chi connectivity index (χ1n) is 27.6. The summed E-state index contributed by atoms with van der Waals surface area (Å²) < 4.78 is 74.7. The van der Waals surface area contributed by atoms with Gasteiger partial charge in [-0.3, -0.25) is 13.9 Å². The minimum absolute atomic E-state index is 0. The number of unbranched alkanes of at least 4 members (excludes halogenated alkanes) is 5. The molecule has 15 heteroatoms. The van der Waals surface area contributed by atoms with E-state index < -0.39 is 19.9 Å². The van der Waals surface area contributed by atoms with Gasteiger partial charge in [0.15, 0.2) is 21.4 Å². The number of fused-ring (bicyclic) bond motifs is 2. The van der Waals surface area contributed by atoms with E-state index in [4.69, 9.17) is 18.3 Å². The average molecular weight is 1250 g/mol. The Morgan fingerprint density at radius 1 is 0.512 bits per heavy atom. The van der Waals surface area contributed by atoms with Crippen LogP contribution in [0.2, 0.25) is 0 Å². The molecule has 0 spiro atoms. The molecular formula is C65H89IN2O10S2. The molecular weight excluding hydrogens is 1160 g/mol. The second kappa shape index (κ2) is 34.1. The minimum Gasteiger partial charge on any atom is -0.494 e. The van der Waals surface area contributed by atoms with E-state index in [0.717, 1.165) is 81.6 Å². The first-order chi connectivity index (χ1) is 37.1. The number of anilines is 1. The molecule has 0 saturated heterocycles. The van der Waals surface area contributed by atoms with Crippen molar-refractivity contribution in [3.8, 4) is 11.5 Å². The van der Waals surface area contributed by atoms with Gasteiger partial charge in [-0.25, -0.2) is 16.8 Å². The van der Waals surface area contributed by atoms with Gasteiger partial charge in [-0.05, 0) is 142 Å². The Morgan fingerprint density at radius 3 is 1.43 bits per heavy atom. The van der Waals surface area contributed by atoms with Gasteiger partial charge in [0.25, 0.3) is 0 Å². The summed E-state index contributed by atoms with van der Waals surface area (Å²) >= 11 is 0. The van der Waals surface area contributed by atoms with Crippen LogP contribution in [0.1, 0.15) is 175 Å². The highest BCUT2D eigenvalue weighted by atomic mass is 127. The third-order valence-corrected chi connectivity index (χ3v) is 15.4. The molecule has 0 fully saturated rings. The first-order valence-corrected chi connectivity index (χ1v) is 31.5. The molecule has 7 aromatic rings. The molecule has 0 bridgehead atoms. The van der Waals surface area contributed by atoms with Crippen LogP contribution in [-0.4, -0.2) is 78.7 Å². The van der Waals surface area contributed by atoms with Gasteiger partial charge < -0.3 is 23.2 Å². The fourth-order valence-electron chi connectivity index (χ4n) is 9.16. The lowest BCUT2D eigenvalue weighted by Gasteiger charge is -2.22. The van der Waals surface area contributed by atoms with Crippen molar-refractivity contribution in [3.05, 3.63) is 160 Å². The van der Waals surface area contributed by atoms with E-state index in [-0.39, 0.29) is 62.7 Å². The lowest BCUT2D eigenvalue weighted by atomic mass is 9.97. The molecule has 0 unspecified atom stereocenters. The molecule has 2 aromatic heterocycles. The number of ether oxygens (including phenoxy) is 2. The van der Waals surface area contributed by atoms with Crippen molar-refractivity contribution in [2.45, 2.75) is 145 Å². The molecule has 0 aliphatic rings. The molecule has 0 aliphatic heterocycles. The minimum atomic E-state index is -3.60. The number of nitrogens with zero attached hydrogens (tertiary/aromatic N) is 2. The highest BCUT2D eigenvalue weighted by molar-refractivity contribution is 14.0. The molecule has 2 heterocycles. The third kappa shape index (κ3) is 20.2. The molecule has 438 valence electrons. The van der Waals surface area contributed by atoms with Gasteiger partial charge in [0.2, 0.25) is 10.0 Å². The van der Waals surface area contributed by atoms with Gasteiger partial charge in [-0.2, -0.15) is 0 Å². The van der Waals surface area contributed by atoms with Crippen LogP contribution in [0.5, 0.6) is 11.5 Å². The molecule has 0 saturated carbocycles. The topological polar surface area (TPSA) is 154 Å². The van der Waals surface area contributed by atoms with Crippen LogP contribution in [0.25, 0.3) is 21.9 Å². The van der Waals surface area contributed by atoms with Gasteiger partial charge in [-0.1, -0.05) is 118 Å². The van der Waals surface area contributed by atoms with Crippen LogP contribution in [-0.2, 0) is 45.0 Å². The lowest BCUT2D eigenvalue weighted by molar-refractivity contribution is 0.103. The Bertz CT molecular complexity index is 3200. The second-order valence-electron chi connectivity index (χ2n) is 20.0. The Hall–Kier alpha value is -5.49. The standard InChI is InChI=1S/C38H50N2O5S.C25H30O5S.2CH4.HI/c1-5-8-17-36-37(34-28-32(20-23-35(34)45-36)40(46(4,42)43)29-30-15-12-11-13-16-30)38(41)31-18-21-33(22-19-31)44-27-14-26-39(24-9-6-2)25-10-7-3;1-4-6-8-23-24(21-16-18(17-31(3,27)28)9-14-22(21)30-23)25(26)19-10-12-20(13-11-19)29-15-7-5-2;;;/h11-13,15-16,18-23,28H,5-10,14,17,24-27,29H2,1-4H3;9-14,16H,4-8,15,17H2,1-3H3;2*1H4;1H. The van der Waals surface area contributed by atoms with Crippen LogP contribution in [0.15, 0.2) is 124 Å². The maximum atomic E-state index is 14.1. The van der Waals surface area contributed by atoms with Gasteiger partial charge in [0, 0.05) is 47.5 Å². The summed E-state index contributed by atoms with van der Waals surface area (Å²) in [6.07, 6.45) is 15.2. The van der Waals surface area contributed by atoms with Crippen LogP contribution in [0.4, 0.5) is 5.69 Å². The van der Waals surface area contributed by atoms with E-state index in [1.54, 1.807) is 60.7 Å². The number of hydrogen-bond donors (Lipinski definition) is 0. The molecule has 7 rings (SSSR count). The lowest BCUT2D eigenvalue weighted by Crippen LogP contribution is -2.29. The molecule has 0 amide bonds. The summed E-state index contributed by atoms with van der Waals surface area (Å²) in [6, 6.07) is 34.5. The number of hydrogen-bond acceptors (Lipinski definition) is 11. The Morgan fingerprint density at radius 2 is 0.963 bits per heavy atom. The number of furan rings is 2. The van der Waals surface area contributed by atoms with Crippen molar-refractivity contribution in [1.29, 1.82) is 0 Å². The predicted octanol–water partition coefficient (Wildman–Crippen LogP) is 16.3. The zero-order valence-electron chi connectivity index (χ0n) is 46.8. The number of sulfone groups is 1. The van der Waals surface area contributed by atoms with E-state index in [1.807, 2.05) is 54.6 Å². The largest absolute Gasteiger partial charge is 0.494 e. The quantitative estimate of drug-likeness (QED) is 0.0232. The smallest absolute Gasteiger partial charge is 0.232 e. The zero-order chi connectivity index (χ0) is 55.4. The van der Waals surface area contributed by atoms with Crippen molar-refractivity contribution in [2.75, 3.05) is 49.7 Å². The zero-order valence-corrected chi connectivity index (χ0v) is 50.8. The SMILES string of the molecule is C.C.CCCCOc1ccc(C(=O)c2c(CCCC)oc3ccc(CS(C)(=O)=O)cc23)cc1.CCCCc1oc2ccc(N(Cc3ccccc3)S(C)(=O)=O)cc2c1C(=O)c1ccc(OCCCN(CCCC)CCCC)cc1.I. The van der Waals surface area contributed by atoms with Crippen molar-refractivity contribution < 1.29 is 44.7 Å². The number of aryl methyl sites for hydroxylation is 2. The molecule has 80 heavy (non-hydrogen) atoms. The molecule has 0 atom stereocenters. The fourth-order valence-corrected chi connectivity index (χ4v) is 10.8. The third-order valence-electron chi connectivity index (χ3n) is 13.4. The maximum absolute atomic E-state index is 14.1. The molecule has 5 aromatic carbocycles. The average Bonchev–Trinajstić information content (AvgIpc) is 3.97. The Balaban J connectivity index is 0.000000434. The number of ketones is 2. The number of sulfonamides is 1. The van der Waals surface area contributed by atoms with E-state index in [9.17, 15) is 26.4 Å². The van der Waals surface area contributed by atoms with Crippen molar-refractivity contribution >= 4 is 83.0 Å². The molecule has 0 N–H and O–H groups in total. The normalized spacial score (nSPS) is 11.3. The van der Waals surface area contributed by atoms with E-state index in [2.05, 4.69) is 39.5 Å². The maximum Gasteiger partial charge on any atom is 0.232 e. The van der Waals surface area contributed by atoms with Crippen LogP contribution >= 0.6 is 24.0 Å². The first kappa shape index (κ1) is 68.8. The van der Waals surface area contributed by atoms with Crippen molar-refractivity contribution in [3.63, 3.8) is 0 Å². The summed E-state index contributed by atoms with van der Waals surface area (Å²) in [5, 5.41) is 1.28. The highest BCUT2D eigenvalue weighted by Gasteiger charge is 2.26. The van der Waals surface area contributed by atoms with Gasteiger partial charge in [0.1, 0.15) is 34.2 Å². The van der Waals surface area contributed by atoms with E-state index in [1.165, 1.54) is 42.5 Å². The number of carbonyl (C=O) groups is 2. The van der Waals surface area contributed by atoms with Gasteiger partial charge in [0.05, 0.1) is 48.6 Å². The molecule has 12 nitrogen and oxygen atoms in total. The van der Waals surface area contributed by atoms with E-state index in [0.29, 0.717) is 93.0 Å². The second-order valence-corrected chi connectivity index (χ2v) is 24.1. The van der Waals surface area contributed by atoms with Crippen molar-refractivity contribution in [2.24, 2.45) is 0 Å². The molecule has 0 radical (unpaired) electrons. The predicted molar refractivity (Wildman–Crippen MR) is 341 cm³/mol. The van der Waals surface area contributed by atoms with Crippen LogP contribution in [0, 0.1) is 0 Å². The Labute approximate surface area is 496 Å². The number of benzene rings is 5. The number of rotatable bonds is 31. The summed E-state index contributed by atoms with van der Waals surface area (Å²) in [5.74, 6) is 2.41. The fraction of sp³-hybridized carbons (Fsp3) is 0.446. The summed E-state index contributed by atoms with van der Waals surface area (Å²) in [5.41, 5.74) is 5.28. The molecule has 0 aliphatic carbocycles. The van der Waals surface area contributed by atoms with Gasteiger partial charge in [-0.15, -0.1) is 24.0 Å². The summed E-state index contributed by atoms with van der Waals surface area (Å²) in [6.45, 7) is 15.5. The monoisotopic (exact) mass is 1250 g/mol. The van der Waals surface area contributed by atoms with Gasteiger partial charge >= 0.3 is 0 Å². The van der Waals surface area contributed by atoms with Crippen LogP contribution in [0.3, 0.4) is 0 Å². The summed E-state index contributed by atoms with van der Waals surface area (Å²) in [4.78, 5) is 30.0. The highest BCUT2D eigenvalue weighted by Crippen LogP contribution is 2.35.